The molecule has 1 aromatic rings. The van der Waals surface area contributed by atoms with Crippen LogP contribution in [0.2, 0.25) is 0 Å². The number of nitrogens with two attached hydrogens (primary N) is 1. The number of β-lactam (4-membered cyclic amide) rings is 1. The SMILES string of the molecule is NCC1NC(=O)C1NC(=O)c1ccc(O)cc1. The monoisotopic (exact) mass is 235 g/mol. The summed E-state index contributed by atoms with van der Waals surface area (Å²) in [6, 6.07) is 5.02. The van der Waals surface area contributed by atoms with E-state index in [-0.39, 0.29) is 30.2 Å². The lowest BCUT2D eigenvalue weighted by Crippen LogP contribution is -2.71. The number of hydrogen-bond acceptors (Lipinski definition) is 4. The molecule has 2 amide bonds. The van der Waals surface area contributed by atoms with Crippen molar-refractivity contribution in [2.24, 2.45) is 5.73 Å². The zero-order chi connectivity index (χ0) is 12.4. The van der Waals surface area contributed by atoms with Crippen LogP contribution in [0.5, 0.6) is 5.75 Å². The lowest BCUT2D eigenvalue weighted by molar-refractivity contribution is -0.131. The van der Waals surface area contributed by atoms with Crippen molar-refractivity contribution in [2.45, 2.75) is 12.1 Å². The summed E-state index contributed by atoms with van der Waals surface area (Å²) in [5.74, 6) is -0.501. The number of carbonyl (C=O) groups is 2. The Morgan fingerprint density at radius 3 is 2.59 bits per heavy atom. The third-order valence-electron chi connectivity index (χ3n) is 2.68. The van der Waals surface area contributed by atoms with Crippen LogP contribution < -0.4 is 16.4 Å². The fourth-order valence-electron chi connectivity index (χ4n) is 1.64. The molecule has 2 atom stereocenters. The first kappa shape index (κ1) is 11.4. The fourth-order valence-corrected chi connectivity index (χ4v) is 1.64. The number of hydrogen-bond donors (Lipinski definition) is 4. The molecule has 0 saturated carbocycles. The van der Waals surface area contributed by atoms with E-state index in [0.29, 0.717) is 5.56 Å². The minimum Gasteiger partial charge on any atom is -0.508 e. The highest BCUT2D eigenvalue weighted by atomic mass is 16.3. The Morgan fingerprint density at radius 1 is 1.41 bits per heavy atom. The van der Waals surface area contributed by atoms with E-state index in [2.05, 4.69) is 10.6 Å². The van der Waals surface area contributed by atoms with Gasteiger partial charge in [-0.25, -0.2) is 0 Å². The highest BCUT2D eigenvalue weighted by Crippen LogP contribution is 2.11. The van der Waals surface area contributed by atoms with Gasteiger partial charge in [-0.1, -0.05) is 0 Å². The second-order valence-corrected chi connectivity index (χ2v) is 3.85. The highest BCUT2D eigenvalue weighted by Gasteiger charge is 2.39. The van der Waals surface area contributed by atoms with Gasteiger partial charge in [0.15, 0.2) is 0 Å². The van der Waals surface area contributed by atoms with Gasteiger partial charge in [0.05, 0.1) is 6.04 Å². The van der Waals surface area contributed by atoms with Gasteiger partial charge in [0.2, 0.25) is 5.91 Å². The van der Waals surface area contributed by atoms with Crippen LogP contribution >= 0.6 is 0 Å². The summed E-state index contributed by atoms with van der Waals surface area (Å²) >= 11 is 0. The molecule has 1 aromatic carbocycles. The maximum absolute atomic E-state index is 11.8. The quantitative estimate of drug-likeness (QED) is 0.502. The first-order valence-electron chi connectivity index (χ1n) is 5.22. The van der Waals surface area contributed by atoms with Gasteiger partial charge >= 0.3 is 0 Å². The van der Waals surface area contributed by atoms with E-state index in [4.69, 9.17) is 10.8 Å². The van der Waals surface area contributed by atoms with Gasteiger partial charge in [-0.3, -0.25) is 9.59 Å². The van der Waals surface area contributed by atoms with E-state index in [0.717, 1.165) is 0 Å². The Labute approximate surface area is 97.8 Å². The molecule has 6 nitrogen and oxygen atoms in total. The fraction of sp³-hybridized carbons (Fsp3) is 0.273. The second kappa shape index (κ2) is 4.42. The Balaban J connectivity index is 2.02. The number of phenols is 1. The summed E-state index contributed by atoms with van der Waals surface area (Å²) < 4.78 is 0. The van der Waals surface area contributed by atoms with Gasteiger partial charge in [0.1, 0.15) is 11.8 Å². The topological polar surface area (TPSA) is 104 Å². The molecule has 2 rings (SSSR count). The van der Waals surface area contributed by atoms with E-state index in [1.54, 1.807) is 0 Å². The molecule has 1 aliphatic rings. The molecule has 0 radical (unpaired) electrons. The van der Waals surface area contributed by atoms with Gasteiger partial charge in [-0.2, -0.15) is 0 Å². The molecule has 6 heteroatoms. The van der Waals surface area contributed by atoms with Crippen LogP contribution in [0.25, 0.3) is 0 Å². The predicted molar refractivity (Wildman–Crippen MR) is 60.3 cm³/mol. The molecule has 1 saturated heterocycles. The van der Waals surface area contributed by atoms with Crippen LogP contribution in [0.4, 0.5) is 0 Å². The lowest BCUT2D eigenvalue weighted by atomic mass is 9.98. The Hall–Kier alpha value is -2.08. The average molecular weight is 235 g/mol. The van der Waals surface area contributed by atoms with Crippen molar-refractivity contribution in [2.75, 3.05) is 6.54 Å². The van der Waals surface area contributed by atoms with Crippen LogP contribution in [0, 0.1) is 0 Å². The van der Waals surface area contributed by atoms with Crippen molar-refractivity contribution in [1.82, 2.24) is 10.6 Å². The maximum atomic E-state index is 11.8. The minimum atomic E-state index is -0.568. The Morgan fingerprint density at radius 2 is 2.06 bits per heavy atom. The summed E-state index contributed by atoms with van der Waals surface area (Å²) in [7, 11) is 0. The summed E-state index contributed by atoms with van der Waals surface area (Å²) in [5.41, 5.74) is 5.81. The summed E-state index contributed by atoms with van der Waals surface area (Å²) in [5, 5.41) is 14.3. The van der Waals surface area contributed by atoms with E-state index < -0.39 is 6.04 Å². The Kier molecular flexibility index (Phi) is 2.97. The second-order valence-electron chi connectivity index (χ2n) is 3.85. The maximum Gasteiger partial charge on any atom is 0.251 e. The van der Waals surface area contributed by atoms with Gasteiger partial charge in [-0.15, -0.1) is 0 Å². The number of aromatic hydroxyl groups is 1. The number of carbonyl (C=O) groups excluding carboxylic acids is 2. The molecule has 1 heterocycles. The standard InChI is InChI=1S/C11H13N3O3/c12-5-8-9(11(17)13-8)14-10(16)6-1-3-7(15)4-2-6/h1-4,8-9,15H,5,12H2,(H,13,17)(H,14,16). The van der Waals surface area contributed by atoms with Crippen molar-refractivity contribution in [3.05, 3.63) is 29.8 Å². The van der Waals surface area contributed by atoms with Gasteiger partial charge < -0.3 is 21.5 Å². The summed E-state index contributed by atoms with van der Waals surface area (Å²) in [6.45, 7) is 0.284. The van der Waals surface area contributed by atoms with Gasteiger partial charge in [-0.05, 0) is 24.3 Å². The van der Waals surface area contributed by atoms with Crippen molar-refractivity contribution in [3.63, 3.8) is 0 Å². The number of nitrogens with one attached hydrogen (secondary N) is 2. The summed E-state index contributed by atoms with van der Waals surface area (Å²) in [6.07, 6.45) is 0. The molecule has 5 N–H and O–H groups in total. The van der Waals surface area contributed by atoms with Crippen LogP contribution in [-0.2, 0) is 4.79 Å². The lowest BCUT2D eigenvalue weighted by Gasteiger charge is -2.36. The first-order valence-corrected chi connectivity index (χ1v) is 5.22. The van der Waals surface area contributed by atoms with E-state index in [9.17, 15) is 9.59 Å². The molecule has 1 fully saturated rings. The molecule has 0 aromatic heterocycles. The van der Waals surface area contributed by atoms with E-state index >= 15 is 0 Å². The number of phenolic OH excluding ortho intramolecular Hbond substituents is 1. The predicted octanol–water partition coefficient (Wildman–Crippen LogP) is -1.05. The molecule has 0 spiro atoms. The molecular weight excluding hydrogens is 222 g/mol. The third-order valence-corrected chi connectivity index (χ3v) is 2.68. The minimum absolute atomic E-state index is 0.0859. The molecule has 1 aliphatic heterocycles. The number of amides is 2. The number of benzene rings is 1. The summed E-state index contributed by atoms with van der Waals surface area (Å²) in [4.78, 5) is 23.0. The molecular formula is C11H13N3O3. The third kappa shape index (κ3) is 2.21. The molecule has 0 bridgehead atoms. The smallest absolute Gasteiger partial charge is 0.251 e. The largest absolute Gasteiger partial charge is 0.508 e. The van der Waals surface area contributed by atoms with Crippen LogP contribution in [-0.4, -0.2) is 35.5 Å². The molecule has 0 aliphatic carbocycles. The van der Waals surface area contributed by atoms with Crippen LogP contribution in [0.15, 0.2) is 24.3 Å². The molecule has 2 unspecified atom stereocenters. The number of rotatable bonds is 3. The van der Waals surface area contributed by atoms with E-state index in [1.165, 1.54) is 24.3 Å². The zero-order valence-corrected chi connectivity index (χ0v) is 9.01. The Bertz CT molecular complexity index is 444. The van der Waals surface area contributed by atoms with E-state index in [1.807, 2.05) is 0 Å². The van der Waals surface area contributed by atoms with Gasteiger partial charge in [0, 0.05) is 12.1 Å². The normalized spacial score (nSPS) is 22.5. The first-order chi connectivity index (χ1) is 8.11. The average Bonchev–Trinajstić information content (AvgIpc) is 2.33. The zero-order valence-electron chi connectivity index (χ0n) is 9.01. The van der Waals surface area contributed by atoms with Crippen LogP contribution in [0.1, 0.15) is 10.4 Å². The molecule has 90 valence electrons. The van der Waals surface area contributed by atoms with Crippen molar-refractivity contribution in [1.29, 1.82) is 0 Å². The highest BCUT2D eigenvalue weighted by molar-refractivity contribution is 5.99. The van der Waals surface area contributed by atoms with Crippen LogP contribution in [0.3, 0.4) is 0 Å². The van der Waals surface area contributed by atoms with Gasteiger partial charge in [0.25, 0.3) is 5.91 Å². The van der Waals surface area contributed by atoms with Crippen molar-refractivity contribution >= 4 is 11.8 Å². The van der Waals surface area contributed by atoms with Crippen molar-refractivity contribution < 1.29 is 14.7 Å². The van der Waals surface area contributed by atoms with Crippen molar-refractivity contribution in [3.8, 4) is 5.75 Å². The molecule has 17 heavy (non-hydrogen) atoms.